The van der Waals surface area contributed by atoms with E-state index in [2.05, 4.69) is 13.0 Å². The Morgan fingerprint density at radius 1 is 1.23 bits per heavy atom. The molecule has 2 N–H and O–H groups in total. The van der Waals surface area contributed by atoms with Crippen LogP contribution in [0, 0.1) is 23.2 Å². The monoisotopic (exact) mass is 434 g/mol. The van der Waals surface area contributed by atoms with Gasteiger partial charge in [-0.1, -0.05) is 32.9 Å². The molecule has 6 nitrogen and oxygen atoms in total. The lowest BCUT2D eigenvalue weighted by Crippen LogP contribution is -2.42. The van der Waals surface area contributed by atoms with Gasteiger partial charge in [-0.2, -0.15) is 0 Å². The average Bonchev–Trinajstić information content (AvgIpc) is 2.69. The van der Waals surface area contributed by atoms with E-state index in [-0.39, 0.29) is 48.3 Å². The van der Waals surface area contributed by atoms with Gasteiger partial charge < -0.3 is 19.7 Å². The van der Waals surface area contributed by atoms with Crippen LogP contribution in [0.1, 0.15) is 73.1 Å². The highest BCUT2D eigenvalue weighted by molar-refractivity contribution is 5.76. The number of carbonyl (C=O) groups excluding carboxylic acids is 2. The van der Waals surface area contributed by atoms with E-state index in [0.717, 1.165) is 17.6 Å². The van der Waals surface area contributed by atoms with Gasteiger partial charge in [-0.05, 0) is 68.4 Å². The van der Waals surface area contributed by atoms with Crippen LogP contribution in [0.3, 0.4) is 0 Å². The van der Waals surface area contributed by atoms with Crippen molar-refractivity contribution in [3.05, 3.63) is 23.3 Å². The molecule has 0 aromatic carbocycles. The zero-order chi connectivity index (χ0) is 22.9. The third-order valence-corrected chi connectivity index (χ3v) is 7.46. The third-order valence-electron chi connectivity index (χ3n) is 7.46. The molecule has 0 bridgehead atoms. The summed E-state index contributed by atoms with van der Waals surface area (Å²) in [5, 5.41) is 20.8. The second-order valence-electron chi connectivity index (χ2n) is 10.3. The van der Waals surface area contributed by atoms with Crippen LogP contribution in [0.15, 0.2) is 23.3 Å². The number of carbonyl (C=O) groups is 2. The summed E-state index contributed by atoms with van der Waals surface area (Å²) < 4.78 is 11.5. The fourth-order valence-corrected chi connectivity index (χ4v) is 4.94. The molecule has 31 heavy (non-hydrogen) atoms. The Bertz CT molecular complexity index is 751. The molecule has 0 saturated carbocycles. The molecule has 0 spiro atoms. The summed E-state index contributed by atoms with van der Waals surface area (Å²) in [4.78, 5) is 24.6. The molecule has 0 radical (unpaired) electrons. The molecule has 3 rings (SSSR count). The summed E-state index contributed by atoms with van der Waals surface area (Å²) in [6, 6.07) is 0. The van der Waals surface area contributed by atoms with Crippen molar-refractivity contribution in [2.45, 2.75) is 97.6 Å². The predicted octanol–water partition coefficient (Wildman–Crippen LogP) is 3.70. The quantitative estimate of drug-likeness (QED) is 0.619. The number of rotatable bonds is 6. The van der Waals surface area contributed by atoms with Gasteiger partial charge in [-0.25, -0.2) is 0 Å². The highest BCUT2D eigenvalue weighted by Gasteiger charge is 2.42. The maximum Gasteiger partial charge on any atom is 0.312 e. The van der Waals surface area contributed by atoms with Gasteiger partial charge in [-0.3, -0.25) is 9.59 Å². The smallest absolute Gasteiger partial charge is 0.312 e. The van der Waals surface area contributed by atoms with Crippen molar-refractivity contribution in [2.24, 2.45) is 23.2 Å². The van der Waals surface area contributed by atoms with E-state index in [1.165, 1.54) is 0 Å². The minimum atomic E-state index is -0.646. The molecule has 1 saturated heterocycles. The maximum atomic E-state index is 12.9. The molecule has 2 aliphatic carbocycles. The van der Waals surface area contributed by atoms with E-state index in [9.17, 15) is 19.8 Å². The van der Waals surface area contributed by atoms with Gasteiger partial charge in [0.1, 0.15) is 12.2 Å². The van der Waals surface area contributed by atoms with Crippen LogP contribution in [-0.4, -0.2) is 46.6 Å². The molecule has 1 aliphatic heterocycles. The van der Waals surface area contributed by atoms with Crippen molar-refractivity contribution < 1.29 is 29.3 Å². The van der Waals surface area contributed by atoms with Crippen molar-refractivity contribution >= 4 is 11.9 Å². The van der Waals surface area contributed by atoms with Gasteiger partial charge in [0.25, 0.3) is 0 Å². The summed E-state index contributed by atoms with van der Waals surface area (Å²) in [5.41, 5.74) is 1.33. The number of esters is 2. The molecule has 0 aromatic heterocycles. The number of aliphatic hydroxyl groups excluding tert-OH is 2. The van der Waals surface area contributed by atoms with E-state index in [0.29, 0.717) is 25.7 Å². The lowest BCUT2D eigenvalue weighted by atomic mass is 9.68. The number of hydrogen-bond acceptors (Lipinski definition) is 6. The van der Waals surface area contributed by atoms with Crippen LogP contribution >= 0.6 is 0 Å². The molecule has 1 heterocycles. The second kappa shape index (κ2) is 9.45. The van der Waals surface area contributed by atoms with Crippen molar-refractivity contribution in [3.8, 4) is 0 Å². The van der Waals surface area contributed by atoms with E-state index < -0.39 is 17.6 Å². The summed E-state index contributed by atoms with van der Waals surface area (Å²) >= 11 is 0. The van der Waals surface area contributed by atoms with Crippen molar-refractivity contribution in [2.75, 3.05) is 0 Å². The van der Waals surface area contributed by atoms with Crippen molar-refractivity contribution in [1.82, 2.24) is 0 Å². The summed E-state index contributed by atoms with van der Waals surface area (Å²) in [5.74, 6) is -0.266. The van der Waals surface area contributed by atoms with Gasteiger partial charge in [0.15, 0.2) is 0 Å². The molecule has 7 atom stereocenters. The van der Waals surface area contributed by atoms with Crippen LogP contribution in [0.5, 0.6) is 0 Å². The Hall–Kier alpha value is -1.66. The molecule has 6 heteroatoms. The highest BCUT2D eigenvalue weighted by atomic mass is 16.6. The molecule has 2 unspecified atom stereocenters. The predicted molar refractivity (Wildman–Crippen MR) is 117 cm³/mol. The first-order valence-electron chi connectivity index (χ1n) is 11.7. The largest absolute Gasteiger partial charge is 0.462 e. The van der Waals surface area contributed by atoms with E-state index in [4.69, 9.17) is 9.47 Å². The Morgan fingerprint density at radius 2 is 1.94 bits per heavy atom. The van der Waals surface area contributed by atoms with Gasteiger partial charge in [0, 0.05) is 6.42 Å². The minimum Gasteiger partial charge on any atom is -0.462 e. The summed E-state index contributed by atoms with van der Waals surface area (Å²) in [6.07, 6.45) is 5.40. The van der Waals surface area contributed by atoms with Crippen LogP contribution < -0.4 is 0 Å². The number of allylic oxidation sites excluding steroid dienone is 1. The first-order valence-corrected chi connectivity index (χ1v) is 11.7. The van der Waals surface area contributed by atoms with Gasteiger partial charge in [0.2, 0.25) is 0 Å². The van der Waals surface area contributed by atoms with Crippen LogP contribution in [-0.2, 0) is 19.1 Å². The molecule has 1 fully saturated rings. The summed E-state index contributed by atoms with van der Waals surface area (Å²) in [7, 11) is 0. The lowest BCUT2D eigenvalue weighted by Gasteiger charge is -2.42. The summed E-state index contributed by atoms with van der Waals surface area (Å²) in [6.45, 7) is 9.90. The first kappa shape index (κ1) is 24.0. The van der Waals surface area contributed by atoms with E-state index >= 15 is 0 Å². The van der Waals surface area contributed by atoms with Crippen LogP contribution in [0.2, 0.25) is 0 Å². The molecule has 0 aromatic rings. The van der Waals surface area contributed by atoms with E-state index in [1.807, 2.05) is 33.8 Å². The molecular formula is C25H38O6. The Balaban J connectivity index is 1.83. The van der Waals surface area contributed by atoms with Gasteiger partial charge >= 0.3 is 11.9 Å². The molecule has 174 valence electrons. The fourth-order valence-electron chi connectivity index (χ4n) is 4.94. The molecular weight excluding hydrogens is 396 g/mol. The zero-order valence-corrected chi connectivity index (χ0v) is 19.5. The Kier molecular flexibility index (Phi) is 7.32. The maximum absolute atomic E-state index is 12.9. The second-order valence-corrected chi connectivity index (χ2v) is 10.3. The van der Waals surface area contributed by atoms with Gasteiger partial charge in [-0.15, -0.1) is 0 Å². The SMILES string of the molecule is CCC(C)(C)C(=O)OC1CC(C)[C@H](O)C2=C1[C@@H](CC[C@@H]1C[C@@H](O)CC(=O)O1)[C@@H](C)C=C2. The number of cyclic esters (lactones) is 1. The zero-order valence-electron chi connectivity index (χ0n) is 19.5. The first-order chi connectivity index (χ1) is 14.5. The van der Waals surface area contributed by atoms with Crippen LogP contribution in [0.25, 0.3) is 0 Å². The highest BCUT2D eigenvalue weighted by Crippen LogP contribution is 2.44. The van der Waals surface area contributed by atoms with Crippen molar-refractivity contribution in [3.63, 3.8) is 0 Å². The number of ether oxygens (including phenoxy) is 2. The Labute approximate surface area is 185 Å². The van der Waals surface area contributed by atoms with Crippen molar-refractivity contribution in [1.29, 1.82) is 0 Å². The molecule has 3 aliphatic rings. The number of hydrogen-bond donors (Lipinski definition) is 2. The molecule has 0 amide bonds. The van der Waals surface area contributed by atoms with Gasteiger partial charge in [0.05, 0.1) is 24.0 Å². The lowest BCUT2D eigenvalue weighted by molar-refractivity contribution is -0.162. The Morgan fingerprint density at radius 3 is 2.58 bits per heavy atom. The normalized spacial score (nSPS) is 36.1. The topological polar surface area (TPSA) is 93.1 Å². The van der Waals surface area contributed by atoms with E-state index in [1.54, 1.807) is 0 Å². The average molecular weight is 435 g/mol. The fraction of sp³-hybridized carbons (Fsp3) is 0.760. The third kappa shape index (κ3) is 5.23. The minimum absolute atomic E-state index is 0.00515. The standard InChI is InChI=1S/C25H38O6/c1-6-25(4,5)24(29)31-20-11-15(3)23(28)19-9-7-14(2)18(22(19)20)10-8-17-12-16(26)13-21(27)30-17/h7,9,14-18,20,23,26,28H,6,8,10-13H2,1-5H3/t14-,15?,16+,17+,18-,20?,23-/m0/s1. The van der Waals surface area contributed by atoms with Crippen LogP contribution in [0.4, 0.5) is 0 Å². The number of aliphatic hydroxyl groups is 2.